The highest BCUT2D eigenvalue weighted by atomic mass is 16.2. The van der Waals surface area contributed by atoms with Crippen molar-refractivity contribution < 1.29 is 9.90 Å². The Balaban J connectivity index is 1.96. The van der Waals surface area contributed by atoms with Crippen LogP contribution in [0, 0.1) is 11.8 Å². The van der Waals surface area contributed by atoms with E-state index in [1.54, 1.807) is 0 Å². The summed E-state index contributed by atoms with van der Waals surface area (Å²) in [6.45, 7) is 0.450. The predicted molar refractivity (Wildman–Crippen MR) is 78.2 cm³/mol. The van der Waals surface area contributed by atoms with E-state index < -0.39 is 0 Å². The lowest BCUT2D eigenvalue weighted by Gasteiger charge is -2.05. The molecule has 1 aromatic heterocycles. The molecule has 1 amide bonds. The summed E-state index contributed by atoms with van der Waals surface area (Å²) in [7, 11) is 0. The van der Waals surface area contributed by atoms with E-state index in [1.165, 1.54) is 18.6 Å². The fourth-order valence-electron chi connectivity index (χ4n) is 1.67. The van der Waals surface area contributed by atoms with Gasteiger partial charge in [-0.15, -0.1) is 0 Å². The van der Waals surface area contributed by atoms with E-state index in [0.717, 1.165) is 11.1 Å². The second-order valence-corrected chi connectivity index (χ2v) is 4.25. The van der Waals surface area contributed by atoms with E-state index >= 15 is 0 Å². The maximum atomic E-state index is 11.8. The number of hydrogen-bond acceptors (Lipinski definition) is 4. The number of nitrogens with one attached hydrogen (secondary N) is 1. The molecule has 5 heteroatoms. The van der Waals surface area contributed by atoms with E-state index in [4.69, 9.17) is 5.11 Å². The highest BCUT2D eigenvalue weighted by Gasteiger charge is 2.06. The minimum atomic E-state index is -0.264. The van der Waals surface area contributed by atoms with Crippen LogP contribution in [-0.2, 0) is 6.54 Å². The van der Waals surface area contributed by atoms with Crippen LogP contribution in [0.2, 0.25) is 0 Å². The minimum absolute atomic E-state index is 0.0564. The van der Waals surface area contributed by atoms with E-state index in [1.807, 2.05) is 24.3 Å². The molecule has 0 saturated carbocycles. The molecule has 0 unspecified atom stereocenters. The molecule has 0 atom stereocenters. The molecule has 2 rings (SSSR count). The standard InChI is InChI=1S/C16H15N3O2/c20-9-2-1-4-13-5-3-6-14(10-13)11-19-16(21)15-12-17-7-8-18-15/h3,5-8,10,12,20H,2,9,11H2,(H,19,21). The summed E-state index contributed by atoms with van der Waals surface area (Å²) in [6, 6.07) is 7.58. The van der Waals surface area contributed by atoms with Crippen LogP contribution in [0.3, 0.4) is 0 Å². The van der Waals surface area contributed by atoms with Gasteiger partial charge in [0, 0.05) is 30.9 Å². The number of amides is 1. The molecule has 5 nitrogen and oxygen atoms in total. The lowest BCUT2D eigenvalue weighted by molar-refractivity contribution is 0.0945. The molecule has 0 saturated heterocycles. The molecule has 0 bridgehead atoms. The van der Waals surface area contributed by atoms with E-state index in [9.17, 15) is 4.79 Å². The van der Waals surface area contributed by atoms with Crippen LogP contribution in [0.25, 0.3) is 0 Å². The molecule has 0 aliphatic carbocycles. The number of hydrogen-bond donors (Lipinski definition) is 2. The van der Waals surface area contributed by atoms with Crippen molar-refractivity contribution in [2.24, 2.45) is 0 Å². The van der Waals surface area contributed by atoms with Crippen LogP contribution in [0.1, 0.15) is 28.0 Å². The van der Waals surface area contributed by atoms with Crippen molar-refractivity contribution in [1.29, 1.82) is 0 Å². The molecule has 1 heterocycles. The first-order chi connectivity index (χ1) is 10.3. The van der Waals surface area contributed by atoms with Gasteiger partial charge in [0.25, 0.3) is 5.91 Å². The number of nitrogens with zero attached hydrogens (tertiary/aromatic N) is 2. The van der Waals surface area contributed by atoms with Crippen molar-refractivity contribution in [3.8, 4) is 11.8 Å². The summed E-state index contributed by atoms with van der Waals surface area (Å²) in [5.41, 5.74) is 2.09. The zero-order chi connectivity index (χ0) is 14.9. The highest BCUT2D eigenvalue weighted by Crippen LogP contribution is 2.04. The van der Waals surface area contributed by atoms with Crippen molar-refractivity contribution in [2.45, 2.75) is 13.0 Å². The Kier molecular flexibility index (Phi) is 5.44. The first kappa shape index (κ1) is 14.7. The van der Waals surface area contributed by atoms with Gasteiger partial charge in [-0.3, -0.25) is 9.78 Å². The quantitative estimate of drug-likeness (QED) is 0.824. The van der Waals surface area contributed by atoms with Crippen molar-refractivity contribution in [2.75, 3.05) is 6.61 Å². The maximum absolute atomic E-state index is 11.8. The molecule has 0 fully saturated rings. The molecular weight excluding hydrogens is 266 g/mol. The van der Waals surface area contributed by atoms with Gasteiger partial charge in [-0.1, -0.05) is 24.0 Å². The summed E-state index contributed by atoms with van der Waals surface area (Å²) in [4.78, 5) is 19.6. The van der Waals surface area contributed by atoms with E-state index in [0.29, 0.717) is 13.0 Å². The van der Waals surface area contributed by atoms with E-state index in [-0.39, 0.29) is 18.2 Å². The Morgan fingerprint density at radius 1 is 1.33 bits per heavy atom. The normalized spacial score (nSPS) is 9.57. The fraction of sp³-hybridized carbons (Fsp3) is 0.188. The molecule has 2 N–H and O–H groups in total. The highest BCUT2D eigenvalue weighted by molar-refractivity contribution is 5.91. The average molecular weight is 281 g/mol. The lowest BCUT2D eigenvalue weighted by atomic mass is 10.1. The Morgan fingerprint density at radius 2 is 2.24 bits per heavy atom. The third-order valence-electron chi connectivity index (χ3n) is 2.65. The topological polar surface area (TPSA) is 75.1 Å². The second kappa shape index (κ2) is 7.78. The number of rotatable bonds is 4. The largest absolute Gasteiger partial charge is 0.395 e. The van der Waals surface area contributed by atoms with Gasteiger partial charge in [0.15, 0.2) is 0 Å². The second-order valence-electron chi connectivity index (χ2n) is 4.25. The molecule has 106 valence electrons. The summed E-state index contributed by atoms with van der Waals surface area (Å²) in [5.74, 6) is 5.56. The number of carbonyl (C=O) groups excluding carboxylic acids is 1. The Morgan fingerprint density at radius 3 is 3.00 bits per heavy atom. The van der Waals surface area contributed by atoms with Gasteiger partial charge >= 0.3 is 0 Å². The molecule has 21 heavy (non-hydrogen) atoms. The minimum Gasteiger partial charge on any atom is -0.395 e. The average Bonchev–Trinajstić information content (AvgIpc) is 2.54. The maximum Gasteiger partial charge on any atom is 0.271 e. The lowest BCUT2D eigenvalue weighted by Crippen LogP contribution is -2.23. The van der Waals surface area contributed by atoms with Gasteiger partial charge in [0.2, 0.25) is 0 Å². The van der Waals surface area contributed by atoms with Crippen LogP contribution >= 0.6 is 0 Å². The molecule has 2 aromatic rings. The van der Waals surface area contributed by atoms with Gasteiger partial charge in [-0.25, -0.2) is 4.98 Å². The number of carbonyl (C=O) groups is 1. The van der Waals surface area contributed by atoms with Gasteiger partial charge in [-0.2, -0.15) is 0 Å². The van der Waals surface area contributed by atoms with Gasteiger partial charge in [-0.05, 0) is 17.7 Å². The zero-order valence-corrected chi connectivity index (χ0v) is 11.4. The predicted octanol–water partition coefficient (Wildman–Crippen LogP) is 1.14. The van der Waals surface area contributed by atoms with Crippen molar-refractivity contribution in [3.63, 3.8) is 0 Å². The SMILES string of the molecule is O=C(NCc1cccc(C#CCCO)c1)c1cnccn1. The molecule has 0 aliphatic heterocycles. The van der Waals surface area contributed by atoms with E-state index in [2.05, 4.69) is 27.1 Å². The molecule has 0 aliphatic rings. The number of aromatic nitrogens is 2. The Hall–Kier alpha value is -2.71. The smallest absolute Gasteiger partial charge is 0.271 e. The van der Waals surface area contributed by atoms with Crippen LogP contribution in [0.15, 0.2) is 42.9 Å². The molecule has 1 aromatic carbocycles. The van der Waals surface area contributed by atoms with Crippen LogP contribution in [-0.4, -0.2) is 27.6 Å². The third kappa shape index (κ3) is 4.71. The first-order valence-corrected chi connectivity index (χ1v) is 6.52. The summed E-state index contributed by atoms with van der Waals surface area (Å²) < 4.78 is 0. The van der Waals surface area contributed by atoms with Crippen LogP contribution in [0.4, 0.5) is 0 Å². The summed E-state index contributed by atoms with van der Waals surface area (Å²) in [5, 5.41) is 11.5. The zero-order valence-electron chi connectivity index (χ0n) is 11.4. The van der Waals surface area contributed by atoms with Crippen LogP contribution in [0.5, 0.6) is 0 Å². The third-order valence-corrected chi connectivity index (χ3v) is 2.65. The van der Waals surface area contributed by atoms with Crippen LogP contribution < -0.4 is 5.32 Å². The summed E-state index contributed by atoms with van der Waals surface area (Å²) in [6.07, 6.45) is 4.87. The van der Waals surface area contributed by atoms with Crippen molar-refractivity contribution >= 4 is 5.91 Å². The Bertz CT molecular complexity index is 660. The molecule has 0 spiro atoms. The van der Waals surface area contributed by atoms with Crippen molar-refractivity contribution in [1.82, 2.24) is 15.3 Å². The summed E-state index contributed by atoms with van der Waals surface area (Å²) >= 11 is 0. The number of benzene rings is 1. The van der Waals surface area contributed by atoms with Gasteiger partial charge in [0.05, 0.1) is 12.8 Å². The monoisotopic (exact) mass is 281 g/mol. The fourth-order valence-corrected chi connectivity index (χ4v) is 1.67. The number of aliphatic hydroxyl groups is 1. The Labute approximate surface area is 123 Å². The van der Waals surface area contributed by atoms with Crippen molar-refractivity contribution in [3.05, 3.63) is 59.7 Å². The molecular formula is C16H15N3O2. The molecule has 0 radical (unpaired) electrons. The van der Waals surface area contributed by atoms with Gasteiger partial charge in [0.1, 0.15) is 5.69 Å². The van der Waals surface area contributed by atoms with Gasteiger partial charge < -0.3 is 10.4 Å². The first-order valence-electron chi connectivity index (χ1n) is 6.52. The number of aliphatic hydroxyl groups excluding tert-OH is 1.